The highest BCUT2D eigenvalue weighted by molar-refractivity contribution is 5.99. The SMILES string of the molecule is O=C(O)[C@H]1C[C@@H]1C(=O)Nc1cccc(N2CCCC2=O)c1. The molecular formula is C15H16N2O4. The molecule has 1 saturated heterocycles. The molecule has 2 amide bonds. The maximum Gasteiger partial charge on any atom is 0.307 e. The normalized spacial score (nSPS) is 24.0. The first-order valence-electron chi connectivity index (χ1n) is 7.00. The van der Waals surface area contributed by atoms with Crippen LogP contribution in [0.5, 0.6) is 0 Å². The van der Waals surface area contributed by atoms with Crippen LogP contribution in [0, 0.1) is 11.8 Å². The quantitative estimate of drug-likeness (QED) is 0.878. The van der Waals surface area contributed by atoms with E-state index >= 15 is 0 Å². The van der Waals surface area contributed by atoms with E-state index in [0.717, 1.165) is 12.1 Å². The molecule has 1 saturated carbocycles. The van der Waals surface area contributed by atoms with Crippen molar-refractivity contribution in [2.24, 2.45) is 11.8 Å². The van der Waals surface area contributed by atoms with Crippen LogP contribution >= 0.6 is 0 Å². The monoisotopic (exact) mass is 288 g/mol. The second-order valence-corrected chi connectivity index (χ2v) is 5.48. The van der Waals surface area contributed by atoms with E-state index in [9.17, 15) is 14.4 Å². The molecule has 2 fully saturated rings. The molecule has 0 unspecified atom stereocenters. The van der Waals surface area contributed by atoms with Gasteiger partial charge in [0.25, 0.3) is 0 Å². The van der Waals surface area contributed by atoms with Gasteiger partial charge in [-0.1, -0.05) is 6.07 Å². The standard InChI is InChI=1S/C15H16N2O4/c18-13-5-2-6-17(13)10-4-1-3-9(7-10)16-14(19)11-8-12(11)15(20)21/h1,3-4,7,11-12H,2,5-6,8H2,(H,16,19)(H,20,21)/t11-,12-/m0/s1. The Morgan fingerprint density at radius 1 is 1.29 bits per heavy atom. The number of anilines is 2. The molecule has 1 heterocycles. The lowest BCUT2D eigenvalue weighted by Gasteiger charge is -2.16. The summed E-state index contributed by atoms with van der Waals surface area (Å²) in [6.45, 7) is 0.694. The number of amides is 2. The smallest absolute Gasteiger partial charge is 0.307 e. The summed E-state index contributed by atoms with van der Waals surface area (Å²) in [7, 11) is 0. The molecule has 2 atom stereocenters. The Labute approximate surface area is 121 Å². The van der Waals surface area contributed by atoms with Crippen molar-refractivity contribution < 1.29 is 19.5 Å². The van der Waals surface area contributed by atoms with E-state index in [1.54, 1.807) is 23.1 Å². The number of nitrogens with zero attached hydrogens (tertiary/aromatic N) is 1. The van der Waals surface area contributed by atoms with E-state index in [1.165, 1.54) is 0 Å². The van der Waals surface area contributed by atoms with E-state index in [0.29, 0.717) is 25.1 Å². The van der Waals surface area contributed by atoms with Gasteiger partial charge in [-0.2, -0.15) is 0 Å². The molecule has 0 aromatic heterocycles. The number of carboxylic acid groups (broad SMARTS) is 1. The summed E-state index contributed by atoms with van der Waals surface area (Å²) in [5.74, 6) is -2.11. The summed E-state index contributed by atoms with van der Waals surface area (Å²) >= 11 is 0. The van der Waals surface area contributed by atoms with Gasteiger partial charge in [-0.05, 0) is 31.0 Å². The van der Waals surface area contributed by atoms with Crippen LogP contribution in [0.25, 0.3) is 0 Å². The van der Waals surface area contributed by atoms with Crippen molar-refractivity contribution in [3.05, 3.63) is 24.3 Å². The lowest BCUT2D eigenvalue weighted by atomic mass is 10.2. The van der Waals surface area contributed by atoms with Gasteiger partial charge in [0, 0.05) is 24.3 Å². The Hall–Kier alpha value is -2.37. The molecule has 1 aliphatic carbocycles. The van der Waals surface area contributed by atoms with Gasteiger partial charge < -0.3 is 15.3 Å². The Morgan fingerprint density at radius 3 is 2.71 bits per heavy atom. The molecule has 2 N–H and O–H groups in total. The molecule has 0 spiro atoms. The molecule has 2 aliphatic rings. The van der Waals surface area contributed by atoms with Crippen LogP contribution in [-0.4, -0.2) is 29.4 Å². The Bertz CT molecular complexity index is 613. The van der Waals surface area contributed by atoms with Crippen LogP contribution in [0.3, 0.4) is 0 Å². The number of hydrogen-bond acceptors (Lipinski definition) is 3. The minimum atomic E-state index is -0.924. The van der Waals surface area contributed by atoms with Crippen LogP contribution in [0.4, 0.5) is 11.4 Å². The van der Waals surface area contributed by atoms with E-state index in [1.807, 2.05) is 6.07 Å². The zero-order valence-electron chi connectivity index (χ0n) is 11.4. The first kappa shape index (κ1) is 13.6. The van der Waals surface area contributed by atoms with Crippen molar-refractivity contribution in [1.29, 1.82) is 0 Å². The molecule has 0 radical (unpaired) electrons. The Morgan fingerprint density at radius 2 is 2.10 bits per heavy atom. The summed E-state index contributed by atoms with van der Waals surface area (Å²) in [6, 6.07) is 7.09. The summed E-state index contributed by atoms with van der Waals surface area (Å²) in [5.41, 5.74) is 1.36. The van der Waals surface area contributed by atoms with Gasteiger partial charge in [-0.15, -0.1) is 0 Å². The zero-order chi connectivity index (χ0) is 15.0. The second kappa shape index (κ2) is 5.20. The molecule has 1 aromatic rings. The number of aliphatic carboxylic acids is 1. The van der Waals surface area contributed by atoms with Gasteiger partial charge >= 0.3 is 5.97 Å². The highest BCUT2D eigenvalue weighted by atomic mass is 16.4. The van der Waals surface area contributed by atoms with Crippen LogP contribution in [0.1, 0.15) is 19.3 Å². The number of nitrogens with one attached hydrogen (secondary N) is 1. The lowest BCUT2D eigenvalue weighted by Crippen LogP contribution is -2.24. The number of benzene rings is 1. The molecule has 110 valence electrons. The van der Waals surface area contributed by atoms with Crippen LogP contribution in [-0.2, 0) is 14.4 Å². The highest BCUT2D eigenvalue weighted by Crippen LogP contribution is 2.39. The van der Waals surface area contributed by atoms with Gasteiger partial charge in [0.2, 0.25) is 11.8 Å². The maximum absolute atomic E-state index is 11.9. The minimum Gasteiger partial charge on any atom is -0.481 e. The number of carbonyl (C=O) groups is 3. The third kappa shape index (κ3) is 2.74. The summed E-state index contributed by atoms with van der Waals surface area (Å²) in [5, 5.41) is 11.6. The van der Waals surface area contributed by atoms with Gasteiger partial charge in [0.05, 0.1) is 11.8 Å². The van der Waals surface area contributed by atoms with Gasteiger partial charge in [-0.3, -0.25) is 14.4 Å². The Balaban J connectivity index is 1.68. The van der Waals surface area contributed by atoms with Crippen molar-refractivity contribution >= 4 is 29.2 Å². The molecule has 3 rings (SSSR count). The number of carbonyl (C=O) groups excluding carboxylic acids is 2. The first-order chi connectivity index (χ1) is 10.1. The second-order valence-electron chi connectivity index (χ2n) is 5.48. The fourth-order valence-electron chi connectivity index (χ4n) is 2.67. The number of hydrogen-bond donors (Lipinski definition) is 2. The third-order valence-electron chi connectivity index (χ3n) is 3.94. The van der Waals surface area contributed by atoms with Crippen LogP contribution in [0.15, 0.2) is 24.3 Å². The lowest BCUT2D eigenvalue weighted by molar-refractivity contribution is -0.139. The Kier molecular flexibility index (Phi) is 3.37. The van der Waals surface area contributed by atoms with Crippen LogP contribution in [0.2, 0.25) is 0 Å². The predicted molar refractivity (Wildman–Crippen MR) is 75.9 cm³/mol. The molecule has 0 bridgehead atoms. The predicted octanol–water partition coefficient (Wildman–Crippen LogP) is 1.47. The van der Waals surface area contributed by atoms with Crippen molar-refractivity contribution in [3.63, 3.8) is 0 Å². The van der Waals surface area contributed by atoms with Gasteiger partial charge in [0.15, 0.2) is 0 Å². The number of carboxylic acids is 1. The molecule has 1 aliphatic heterocycles. The first-order valence-corrected chi connectivity index (χ1v) is 7.00. The van der Waals surface area contributed by atoms with Crippen molar-refractivity contribution in [2.75, 3.05) is 16.8 Å². The third-order valence-corrected chi connectivity index (χ3v) is 3.94. The molecule has 1 aromatic carbocycles. The molecular weight excluding hydrogens is 272 g/mol. The maximum atomic E-state index is 11.9. The fraction of sp³-hybridized carbons (Fsp3) is 0.400. The van der Waals surface area contributed by atoms with Crippen molar-refractivity contribution in [3.8, 4) is 0 Å². The molecule has 21 heavy (non-hydrogen) atoms. The molecule has 6 nitrogen and oxygen atoms in total. The topological polar surface area (TPSA) is 86.7 Å². The van der Waals surface area contributed by atoms with E-state index in [-0.39, 0.29) is 11.8 Å². The van der Waals surface area contributed by atoms with E-state index in [4.69, 9.17) is 5.11 Å². The van der Waals surface area contributed by atoms with E-state index < -0.39 is 17.8 Å². The largest absolute Gasteiger partial charge is 0.481 e. The van der Waals surface area contributed by atoms with Crippen molar-refractivity contribution in [1.82, 2.24) is 0 Å². The zero-order valence-corrected chi connectivity index (χ0v) is 11.4. The minimum absolute atomic E-state index is 0.0895. The number of rotatable bonds is 4. The average molecular weight is 288 g/mol. The average Bonchev–Trinajstić information content (AvgIpc) is 3.15. The highest BCUT2D eigenvalue weighted by Gasteiger charge is 2.48. The summed E-state index contributed by atoms with van der Waals surface area (Å²) in [6.07, 6.45) is 1.79. The van der Waals surface area contributed by atoms with E-state index in [2.05, 4.69) is 5.32 Å². The summed E-state index contributed by atoms with van der Waals surface area (Å²) in [4.78, 5) is 36.1. The van der Waals surface area contributed by atoms with Gasteiger partial charge in [0.1, 0.15) is 0 Å². The van der Waals surface area contributed by atoms with Crippen LogP contribution < -0.4 is 10.2 Å². The van der Waals surface area contributed by atoms with Gasteiger partial charge in [-0.25, -0.2) is 0 Å². The summed E-state index contributed by atoms with van der Waals surface area (Å²) < 4.78 is 0. The van der Waals surface area contributed by atoms with Crippen molar-refractivity contribution in [2.45, 2.75) is 19.3 Å². The fourth-order valence-corrected chi connectivity index (χ4v) is 2.67. The molecule has 6 heteroatoms.